The van der Waals surface area contributed by atoms with E-state index in [0.717, 1.165) is 31.5 Å². The summed E-state index contributed by atoms with van der Waals surface area (Å²) >= 11 is 0. The number of carbonyl (C=O) groups is 1. The summed E-state index contributed by atoms with van der Waals surface area (Å²) in [6, 6.07) is -0.0696. The molecule has 5 heteroatoms. The molecule has 0 spiro atoms. The lowest BCUT2D eigenvalue weighted by molar-refractivity contribution is 0.00637. The second kappa shape index (κ2) is 4.20. The summed E-state index contributed by atoms with van der Waals surface area (Å²) in [6.45, 7) is 6.29. The topological polar surface area (TPSA) is 62.1 Å². The summed E-state index contributed by atoms with van der Waals surface area (Å²) in [5.74, 6) is 0.415. The van der Waals surface area contributed by atoms with Gasteiger partial charge in [0.1, 0.15) is 5.60 Å². The van der Waals surface area contributed by atoms with E-state index in [1.165, 1.54) is 0 Å². The van der Waals surface area contributed by atoms with Crippen LogP contribution in [-0.2, 0) is 4.74 Å². The van der Waals surface area contributed by atoms with Gasteiger partial charge in [0.05, 0.1) is 11.8 Å². The molecule has 3 rings (SSSR count). The van der Waals surface area contributed by atoms with Crippen molar-refractivity contribution in [2.75, 3.05) is 6.54 Å². The zero-order valence-corrected chi connectivity index (χ0v) is 10.6. The van der Waals surface area contributed by atoms with Crippen LogP contribution in [0.15, 0.2) is 5.16 Å². The molecule has 0 radical (unpaired) electrons. The minimum absolute atomic E-state index is 0.0696. The van der Waals surface area contributed by atoms with E-state index in [1.807, 2.05) is 20.8 Å². The Hall–Kier alpha value is -1.26. The van der Waals surface area contributed by atoms with Crippen molar-refractivity contribution in [3.63, 3.8) is 0 Å². The molecule has 3 fully saturated rings. The highest BCUT2D eigenvalue weighted by Gasteiger charge is 2.42. The van der Waals surface area contributed by atoms with E-state index in [2.05, 4.69) is 5.16 Å². The Bertz CT molecular complexity index is 346. The quantitative estimate of drug-likeness (QED) is 0.521. The van der Waals surface area contributed by atoms with E-state index < -0.39 is 5.60 Å². The first-order valence-corrected chi connectivity index (χ1v) is 6.11. The molecule has 0 aromatic heterocycles. The van der Waals surface area contributed by atoms with Gasteiger partial charge in [0.15, 0.2) is 0 Å². The van der Waals surface area contributed by atoms with Crippen LogP contribution in [0.2, 0.25) is 0 Å². The van der Waals surface area contributed by atoms with E-state index in [9.17, 15) is 4.79 Å². The average Bonchev–Trinajstić information content (AvgIpc) is 2.27. The van der Waals surface area contributed by atoms with Crippen molar-refractivity contribution in [3.05, 3.63) is 0 Å². The molecule has 0 unspecified atom stereocenters. The molecule has 1 saturated carbocycles. The van der Waals surface area contributed by atoms with Gasteiger partial charge in [-0.3, -0.25) is 4.90 Å². The third-order valence-electron chi connectivity index (χ3n) is 3.32. The molecule has 96 valence electrons. The van der Waals surface area contributed by atoms with Gasteiger partial charge in [-0.25, -0.2) is 4.79 Å². The Morgan fingerprint density at radius 3 is 2.71 bits per heavy atom. The largest absolute Gasteiger partial charge is 0.444 e. The second-order valence-electron chi connectivity index (χ2n) is 5.89. The zero-order valence-electron chi connectivity index (χ0n) is 10.6. The second-order valence-corrected chi connectivity index (χ2v) is 5.89. The SMILES string of the molecule is CC(C)(C)OC(=O)N1C[C@@H]2CC[C@H]1C(=NO)C2. The van der Waals surface area contributed by atoms with Crippen LogP contribution in [0.1, 0.15) is 40.0 Å². The van der Waals surface area contributed by atoms with Crippen molar-refractivity contribution in [2.45, 2.75) is 51.7 Å². The highest BCUT2D eigenvalue weighted by Crippen LogP contribution is 2.34. The van der Waals surface area contributed by atoms with Gasteiger partial charge in [0, 0.05) is 6.54 Å². The van der Waals surface area contributed by atoms with Gasteiger partial charge in [0.25, 0.3) is 0 Å². The maximum absolute atomic E-state index is 12.0. The first-order chi connectivity index (χ1) is 7.90. The highest BCUT2D eigenvalue weighted by atomic mass is 16.6. The van der Waals surface area contributed by atoms with Crippen LogP contribution < -0.4 is 0 Å². The van der Waals surface area contributed by atoms with Crippen molar-refractivity contribution >= 4 is 11.8 Å². The molecule has 2 aliphatic heterocycles. The van der Waals surface area contributed by atoms with Gasteiger partial charge in [-0.15, -0.1) is 0 Å². The third kappa shape index (κ3) is 2.53. The van der Waals surface area contributed by atoms with Crippen molar-refractivity contribution < 1.29 is 14.7 Å². The predicted octanol–water partition coefficient (Wildman–Crippen LogP) is 2.24. The molecule has 0 aromatic rings. The number of nitrogens with zero attached hydrogens (tertiary/aromatic N) is 2. The van der Waals surface area contributed by atoms with Crippen LogP contribution in [-0.4, -0.2) is 40.1 Å². The molecule has 2 heterocycles. The number of rotatable bonds is 0. The lowest BCUT2D eigenvalue weighted by Gasteiger charge is -2.45. The van der Waals surface area contributed by atoms with Crippen LogP contribution in [0.25, 0.3) is 0 Å². The van der Waals surface area contributed by atoms with Gasteiger partial charge in [-0.05, 0) is 46.0 Å². The van der Waals surface area contributed by atoms with Crippen molar-refractivity contribution in [1.82, 2.24) is 4.90 Å². The molecule has 2 saturated heterocycles. The molecule has 17 heavy (non-hydrogen) atoms. The Balaban J connectivity index is 2.09. The number of amides is 1. The van der Waals surface area contributed by atoms with E-state index in [-0.39, 0.29) is 12.1 Å². The van der Waals surface area contributed by atoms with Crippen LogP contribution in [0, 0.1) is 5.92 Å². The Kier molecular flexibility index (Phi) is 3.02. The number of ether oxygens (including phenoxy) is 1. The fourth-order valence-electron chi connectivity index (χ4n) is 2.62. The molecule has 5 nitrogen and oxygen atoms in total. The van der Waals surface area contributed by atoms with Gasteiger partial charge in [-0.1, -0.05) is 5.16 Å². The molecule has 3 aliphatic rings. The normalized spacial score (nSPS) is 30.8. The van der Waals surface area contributed by atoms with E-state index in [0.29, 0.717) is 5.92 Å². The van der Waals surface area contributed by atoms with Crippen molar-refractivity contribution in [2.24, 2.45) is 11.1 Å². The minimum atomic E-state index is -0.482. The smallest absolute Gasteiger partial charge is 0.410 e. The summed E-state index contributed by atoms with van der Waals surface area (Å²) in [4.78, 5) is 13.7. The molecule has 1 aliphatic carbocycles. The molecule has 1 N–H and O–H groups in total. The lowest BCUT2D eigenvalue weighted by atomic mass is 9.79. The fraction of sp³-hybridized carbons (Fsp3) is 0.833. The number of hydrogen-bond acceptors (Lipinski definition) is 4. The Morgan fingerprint density at radius 2 is 2.18 bits per heavy atom. The van der Waals surface area contributed by atoms with Crippen molar-refractivity contribution in [1.29, 1.82) is 0 Å². The standard InChI is InChI=1S/C12H20N2O3/c1-12(2,3)17-11(15)14-7-8-4-5-10(14)9(6-8)13-16/h8,10,16H,4-7H2,1-3H3/t8-,10+/m1/s1. The summed E-state index contributed by atoms with van der Waals surface area (Å²) in [7, 11) is 0. The molecular formula is C12H20N2O3. The lowest BCUT2D eigenvalue weighted by Crippen LogP contribution is -2.56. The average molecular weight is 240 g/mol. The Morgan fingerprint density at radius 1 is 1.47 bits per heavy atom. The van der Waals surface area contributed by atoms with Crippen LogP contribution >= 0.6 is 0 Å². The van der Waals surface area contributed by atoms with Crippen molar-refractivity contribution in [3.8, 4) is 0 Å². The molecular weight excluding hydrogens is 220 g/mol. The number of oxime groups is 1. The highest BCUT2D eigenvalue weighted by molar-refractivity contribution is 5.93. The number of fused-ring (bicyclic) bond motifs is 3. The summed E-state index contributed by atoms with van der Waals surface area (Å²) in [6.07, 6.45) is 2.49. The monoisotopic (exact) mass is 240 g/mol. The van der Waals surface area contributed by atoms with E-state index in [1.54, 1.807) is 4.90 Å². The number of piperidine rings is 2. The Labute approximate surface area is 101 Å². The fourth-order valence-corrected chi connectivity index (χ4v) is 2.62. The summed E-state index contributed by atoms with van der Waals surface area (Å²) in [5, 5.41) is 12.3. The molecule has 2 bridgehead atoms. The minimum Gasteiger partial charge on any atom is -0.444 e. The third-order valence-corrected chi connectivity index (χ3v) is 3.32. The van der Waals surface area contributed by atoms with E-state index >= 15 is 0 Å². The molecule has 1 amide bonds. The van der Waals surface area contributed by atoms with Gasteiger partial charge in [-0.2, -0.15) is 0 Å². The van der Waals surface area contributed by atoms with Crippen LogP contribution in [0.5, 0.6) is 0 Å². The first kappa shape index (κ1) is 12.2. The maximum Gasteiger partial charge on any atom is 0.410 e. The zero-order chi connectivity index (χ0) is 12.6. The van der Waals surface area contributed by atoms with E-state index in [4.69, 9.17) is 9.94 Å². The van der Waals surface area contributed by atoms with Gasteiger partial charge >= 0.3 is 6.09 Å². The van der Waals surface area contributed by atoms with Crippen LogP contribution in [0.4, 0.5) is 4.79 Å². The van der Waals surface area contributed by atoms with Gasteiger partial charge < -0.3 is 9.94 Å². The van der Waals surface area contributed by atoms with Gasteiger partial charge in [0.2, 0.25) is 0 Å². The molecule has 2 atom stereocenters. The number of carbonyl (C=O) groups excluding carboxylic acids is 1. The maximum atomic E-state index is 12.0. The predicted molar refractivity (Wildman–Crippen MR) is 63.3 cm³/mol. The summed E-state index contributed by atoms with van der Waals surface area (Å²) < 4.78 is 5.37. The number of hydrogen-bond donors (Lipinski definition) is 1. The summed E-state index contributed by atoms with van der Waals surface area (Å²) in [5.41, 5.74) is 0.239. The molecule has 0 aromatic carbocycles. The first-order valence-electron chi connectivity index (χ1n) is 6.11. The van der Waals surface area contributed by atoms with Crippen LogP contribution in [0.3, 0.4) is 0 Å².